The number of aromatic nitrogens is 2. The van der Waals surface area contributed by atoms with E-state index in [-0.39, 0.29) is 11.2 Å². The van der Waals surface area contributed by atoms with Crippen molar-refractivity contribution in [1.82, 2.24) is 10.2 Å². The molecule has 0 bridgehead atoms. The van der Waals surface area contributed by atoms with Crippen molar-refractivity contribution in [2.45, 2.75) is 16.5 Å². The number of anilines is 2. The maximum absolute atomic E-state index is 11.0. The van der Waals surface area contributed by atoms with E-state index in [1.54, 1.807) is 14.0 Å². The van der Waals surface area contributed by atoms with Crippen LogP contribution in [0.2, 0.25) is 0 Å². The molecule has 0 aliphatic carbocycles. The summed E-state index contributed by atoms with van der Waals surface area (Å²) in [5, 5.41) is 11.5. The van der Waals surface area contributed by atoms with Crippen molar-refractivity contribution >= 4 is 39.8 Å². The topological polar surface area (TPSA) is 90.1 Å². The van der Waals surface area contributed by atoms with E-state index in [1.807, 2.05) is 24.3 Å². The maximum atomic E-state index is 11.0. The van der Waals surface area contributed by atoms with E-state index in [0.29, 0.717) is 9.47 Å². The quantitative estimate of drug-likeness (QED) is 0.795. The van der Waals surface area contributed by atoms with Gasteiger partial charge in [-0.3, -0.25) is 4.79 Å². The summed E-state index contributed by atoms with van der Waals surface area (Å²) >= 11 is 2.66. The Morgan fingerprint density at radius 1 is 1.50 bits per heavy atom. The van der Waals surface area contributed by atoms with Crippen LogP contribution in [0.15, 0.2) is 28.6 Å². The second-order valence-corrected chi connectivity index (χ2v) is 6.46. The molecule has 1 amide bonds. The van der Waals surface area contributed by atoms with E-state index in [4.69, 9.17) is 10.5 Å². The summed E-state index contributed by atoms with van der Waals surface area (Å²) in [6.07, 6.45) is 0. The van der Waals surface area contributed by atoms with E-state index in [9.17, 15) is 4.79 Å². The number of nitrogens with two attached hydrogens (primary N) is 1. The molecule has 0 aliphatic heterocycles. The standard InChI is InChI=1S/C12H14N4O2S2/c1-7(10(13)17)19-12-16-15-11(20-12)14-8-4-3-5-9(6-8)18-2/h3-7H,1-2H3,(H2,13,17)(H,14,15)/t7-/m1/s1. The van der Waals surface area contributed by atoms with E-state index >= 15 is 0 Å². The number of ether oxygens (including phenoxy) is 1. The molecule has 0 fully saturated rings. The van der Waals surface area contributed by atoms with Crippen LogP contribution in [-0.2, 0) is 4.79 Å². The number of carbonyl (C=O) groups excluding carboxylic acids is 1. The van der Waals surface area contributed by atoms with Gasteiger partial charge in [0.25, 0.3) is 0 Å². The van der Waals surface area contributed by atoms with Gasteiger partial charge in [0.15, 0.2) is 4.34 Å². The third-order valence-corrected chi connectivity index (χ3v) is 4.45. The molecule has 0 radical (unpaired) electrons. The molecule has 8 heteroatoms. The van der Waals surface area contributed by atoms with E-state index in [1.165, 1.54) is 23.1 Å². The minimum Gasteiger partial charge on any atom is -0.497 e. The van der Waals surface area contributed by atoms with Crippen LogP contribution in [-0.4, -0.2) is 28.5 Å². The predicted molar refractivity (Wildman–Crippen MR) is 80.7 cm³/mol. The average molecular weight is 310 g/mol. The lowest BCUT2D eigenvalue weighted by atomic mass is 10.3. The van der Waals surface area contributed by atoms with Crippen LogP contribution in [0, 0.1) is 0 Å². The van der Waals surface area contributed by atoms with Gasteiger partial charge in [0.1, 0.15) is 5.75 Å². The smallest absolute Gasteiger partial charge is 0.230 e. The molecule has 106 valence electrons. The fraction of sp³-hybridized carbons (Fsp3) is 0.250. The maximum Gasteiger partial charge on any atom is 0.230 e. The molecule has 6 nitrogen and oxygen atoms in total. The first-order valence-electron chi connectivity index (χ1n) is 5.79. The fourth-order valence-electron chi connectivity index (χ4n) is 1.34. The lowest BCUT2D eigenvalue weighted by Gasteiger charge is -2.04. The molecule has 0 unspecified atom stereocenters. The van der Waals surface area contributed by atoms with Crippen molar-refractivity contribution in [2.75, 3.05) is 12.4 Å². The second-order valence-electron chi connectivity index (χ2n) is 3.89. The summed E-state index contributed by atoms with van der Waals surface area (Å²) in [5.41, 5.74) is 6.07. The number of rotatable bonds is 6. The predicted octanol–water partition coefficient (Wildman–Crippen LogP) is 2.26. The molecule has 0 aliphatic rings. The van der Waals surface area contributed by atoms with Crippen LogP contribution in [0.5, 0.6) is 5.75 Å². The molecule has 1 atom stereocenters. The monoisotopic (exact) mass is 310 g/mol. The number of carbonyl (C=O) groups is 1. The minimum atomic E-state index is -0.368. The third kappa shape index (κ3) is 3.84. The Labute approximate surface area is 124 Å². The van der Waals surface area contributed by atoms with E-state index < -0.39 is 0 Å². The first kappa shape index (κ1) is 14.6. The zero-order valence-electron chi connectivity index (χ0n) is 11.0. The van der Waals surface area contributed by atoms with Crippen LogP contribution in [0.25, 0.3) is 0 Å². The number of hydrogen-bond acceptors (Lipinski definition) is 7. The average Bonchev–Trinajstić information content (AvgIpc) is 2.86. The molecule has 2 aromatic rings. The molecule has 0 spiro atoms. The number of thioether (sulfide) groups is 1. The van der Waals surface area contributed by atoms with Gasteiger partial charge in [-0.15, -0.1) is 10.2 Å². The Bertz CT molecular complexity index is 603. The Morgan fingerprint density at radius 2 is 2.30 bits per heavy atom. The van der Waals surface area contributed by atoms with E-state index in [2.05, 4.69) is 15.5 Å². The largest absolute Gasteiger partial charge is 0.497 e. The van der Waals surface area contributed by atoms with Gasteiger partial charge in [-0.2, -0.15) is 0 Å². The molecular weight excluding hydrogens is 296 g/mol. The van der Waals surface area contributed by atoms with Gasteiger partial charge in [-0.1, -0.05) is 29.2 Å². The van der Waals surface area contributed by atoms with Gasteiger partial charge >= 0.3 is 0 Å². The molecule has 1 heterocycles. The van der Waals surface area contributed by atoms with Gasteiger partial charge < -0.3 is 15.8 Å². The summed E-state index contributed by atoms with van der Waals surface area (Å²) in [7, 11) is 1.62. The Morgan fingerprint density at radius 3 is 3.00 bits per heavy atom. The summed E-state index contributed by atoms with van der Waals surface area (Å²) in [6.45, 7) is 1.74. The lowest BCUT2D eigenvalue weighted by molar-refractivity contribution is -0.117. The first-order chi connectivity index (χ1) is 9.58. The highest BCUT2D eigenvalue weighted by Crippen LogP contribution is 2.30. The molecule has 3 N–H and O–H groups in total. The zero-order chi connectivity index (χ0) is 14.5. The van der Waals surface area contributed by atoms with Crippen molar-refractivity contribution in [3.05, 3.63) is 24.3 Å². The molecule has 0 saturated carbocycles. The number of nitrogens with one attached hydrogen (secondary N) is 1. The van der Waals surface area contributed by atoms with Crippen LogP contribution in [0.4, 0.5) is 10.8 Å². The summed E-state index contributed by atoms with van der Waals surface area (Å²) in [4.78, 5) is 11.0. The van der Waals surface area contributed by atoms with Crippen LogP contribution >= 0.6 is 23.1 Å². The first-order valence-corrected chi connectivity index (χ1v) is 7.48. The number of hydrogen-bond donors (Lipinski definition) is 2. The molecule has 0 saturated heterocycles. The minimum absolute atomic E-state index is 0.326. The van der Waals surface area contributed by atoms with Crippen molar-refractivity contribution in [1.29, 1.82) is 0 Å². The van der Waals surface area contributed by atoms with Crippen LogP contribution in [0.3, 0.4) is 0 Å². The van der Waals surface area contributed by atoms with Crippen molar-refractivity contribution < 1.29 is 9.53 Å². The molecule has 1 aromatic heterocycles. The normalized spacial score (nSPS) is 11.9. The van der Waals surface area contributed by atoms with Crippen molar-refractivity contribution in [3.63, 3.8) is 0 Å². The van der Waals surface area contributed by atoms with Gasteiger partial charge in [-0.05, 0) is 19.1 Å². The highest BCUT2D eigenvalue weighted by molar-refractivity contribution is 8.02. The second kappa shape index (κ2) is 6.58. The summed E-state index contributed by atoms with van der Waals surface area (Å²) in [6, 6.07) is 7.51. The van der Waals surface area contributed by atoms with Crippen molar-refractivity contribution in [2.24, 2.45) is 5.73 Å². The molecular formula is C12H14N4O2S2. The highest BCUT2D eigenvalue weighted by Gasteiger charge is 2.14. The summed E-state index contributed by atoms with van der Waals surface area (Å²) in [5.74, 6) is 0.393. The van der Waals surface area contributed by atoms with Crippen LogP contribution in [0.1, 0.15) is 6.92 Å². The Balaban J connectivity index is 2.03. The van der Waals surface area contributed by atoms with Gasteiger partial charge in [0, 0.05) is 11.8 Å². The van der Waals surface area contributed by atoms with Crippen LogP contribution < -0.4 is 15.8 Å². The number of nitrogens with zero attached hydrogens (tertiary/aromatic N) is 2. The zero-order valence-corrected chi connectivity index (χ0v) is 12.6. The lowest BCUT2D eigenvalue weighted by Crippen LogP contribution is -2.22. The van der Waals surface area contributed by atoms with Gasteiger partial charge in [-0.25, -0.2) is 0 Å². The van der Waals surface area contributed by atoms with E-state index in [0.717, 1.165) is 11.4 Å². The number of amides is 1. The molecule has 2 rings (SSSR count). The fourth-order valence-corrected chi connectivity index (χ4v) is 3.21. The SMILES string of the molecule is COc1cccc(Nc2nnc(S[C@H](C)C(N)=O)s2)c1. The van der Waals surface area contributed by atoms with Crippen molar-refractivity contribution in [3.8, 4) is 5.75 Å². The number of primary amides is 1. The van der Waals surface area contributed by atoms with Gasteiger partial charge in [0.05, 0.1) is 12.4 Å². The van der Waals surface area contributed by atoms with Gasteiger partial charge in [0.2, 0.25) is 11.0 Å². The third-order valence-electron chi connectivity index (χ3n) is 2.41. The Hall–Kier alpha value is -1.80. The number of methoxy groups -OCH3 is 1. The summed E-state index contributed by atoms with van der Waals surface area (Å²) < 4.78 is 5.84. The number of benzene rings is 1. The molecule has 1 aromatic carbocycles. The highest BCUT2D eigenvalue weighted by atomic mass is 32.2. The molecule has 20 heavy (non-hydrogen) atoms. The Kier molecular flexibility index (Phi) is 4.80.